The monoisotopic (exact) mass is 184 g/mol. The van der Waals surface area contributed by atoms with Gasteiger partial charge in [0.1, 0.15) is 0 Å². The molecule has 0 radical (unpaired) electrons. The summed E-state index contributed by atoms with van der Waals surface area (Å²) in [4.78, 5) is 11.4. The second-order valence-corrected chi connectivity index (χ2v) is 4.47. The number of nitrogens with one attached hydrogen (secondary N) is 1. The van der Waals surface area contributed by atoms with Gasteiger partial charge in [0.05, 0.1) is 0 Å². The van der Waals surface area contributed by atoms with Crippen LogP contribution in [0, 0.1) is 17.8 Å². The first-order chi connectivity index (χ1) is 6.02. The summed E-state index contributed by atoms with van der Waals surface area (Å²) in [6.07, 6.45) is 1.04. The van der Waals surface area contributed by atoms with Crippen LogP contribution in [0.1, 0.15) is 27.2 Å². The molecule has 0 aromatic heterocycles. The molecule has 76 valence electrons. The van der Waals surface area contributed by atoms with Crippen molar-refractivity contribution in [1.82, 2.24) is 5.32 Å². The van der Waals surface area contributed by atoms with Crippen molar-refractivity contribution in [3.05, 3.63) is 0 Å². The van der Waals surface area contributed by atoms with Crippen molar-refractivity contribution in [3.63, 3.8) is 0 Å². The molecular weight excluding hydrogens is 164 g/mol. The minimum atomic E-state index is 0.0815. The summed E-state index contributed by atoms with van der Waals surface area (Å²) in [6, 6.07) is 0.0815. The van der Waals surface area contributed by atoms with Crippen molar-refractivity contribution in [3.8, 4) is 0 Å². The lowest BCUT2D eigenvalue weighted by molar-refractivity contribution is -0.122. The Morgan fingerprint density at radius 2 is 2.15 bits per heavy atom. The molecule has 3 heteroatoms. The molecule has 1 rings (SSSR count). The van der Waals surface area contributed by atoms with E-state index in [1.54, 1.807) is 0 Å². The molecule has 0 saturated heterocycles. The maximum Gasteiger partial charge on any atom is 0.223 e. The molecule has 0 aliphatic heterocycles. The standard InChI is InChI=1S/C10H20N2O/c1-6(2)9(11)5-12-10(13)8-4-7(8)3/h6-9H,4-5,11H2,1-3H3,(H,12,13). The van der Waals surface area contributed by atoms with Crippen LogP contribution < -0.4 is 11.1 Å². The number of hydrogen-bond donors (Lipinski definition) is 2. The van der Waals surface area contributed by atoms with E-state index < -0.39 is 0 Å². The van der Waals surface area contributed by atoms with Gasteiger partial charge in [-0.2, -0.15) is 0 Å². The Kier molecular flexibility index (Phi) is 3.31. The molecule has 3 N–H and O–H groups in total. The van der Waals surface area contributed by atoms with E-state index in [-0.39, 0.29) is 17.9 Å². The average Bonchev–Trinajstić information content (AvgIpc) is 2.77. The lowest BCUT2D eigenvalue weighted by Gasteiger charge is -2.15. The molecule has 0 spiro atoms. The molecule has 3 unspecified atom stereocenters. The fourth-order valence-corrected chi connectivity index (χ4v) is 1.27. The van der Waals surface area contributed by atoms with E-state index in [1.165, 1.54) is 0 Å². The summed E-state index contributed by atoms with van der Waals surface area (Å²) in [5.74, 6) is 1.45. The van der Waals surface area contributed by atoms with Gasteiger partial charge < -0.3 is 11.1 Å². The minimum absolute atomic E-state index is 0.0815. The fraction of sp³-hybridized carbons (Fsp3) is 0.900. The van der Waals surface area contributed by atoms with Gasteiger partial charge >= 0.3 is 0 Å². The van der Waals surface area contributed by atoms with E-state index in [1.807, 2.05) is 0 Å². The number of hydrogen-bond acceptors (Lipinski definition) is 2. The maximum atomic E-state index is 11.4. The van der Waals surface area contributed by atoms with Gasteiger partial charge in [-0.1, -0.05) is 20.8 Å². The van der Waals surface area contributed by atoms with Crippen molar-refractivity contribution in [2.24, 2.45) is 23.5 Å². The second kappa shape index (κ2) is 4.09. The highest BCUT2D eigenvalue weighted by molar-refractivity contribution is 5.81. The molecule has 0 heterocycles. The van der Waals surface area contributed by atoms with Crippen LogP contribution >= 0.6 is 0 Å². The Morgan fingerprint density at radius 1 is 1.62 bits per heavy atom. The normalized spacial score (nSPS) is 28.7. The number of carbonyl (C=O) groups excluding carboxylic acids is 1. The highest BCUT2D eigenvalue weighted by atomic mass is 16.2. The van der Waals surface area contributed by atoms with Gasteiger partial charge in [-0.3, -0.25) is 4.79 Å². The Bertz CT molecular complexity index is 191. The zero-order valence-corrected chi connectivity index (χ0v) is 8.71. The van der Waals surface area contributed by atoms with Crippen LogP contribution in [0.15, 0.2) is 0 Å². The van der Waals surface area contributed by atoms with Gasteiger partial charge in [-0.25, -0.2) is 0 Å². The van der Waals surface area contributed by atoms with Crippen molar-refractivity contribution in [1.29, 1.82) is 0 Å². The first-order valence-corrected chi connectivity index (χ1v) is 5.05. The molecule has 0 aromatic carbocycles. The molecule has 0 bridgehead atoms. The lowest BCUT2D eigenvalue weighted by Crippen LogP contribution is -2.41. The third-order valence-corrected chi connectivity index (χ3v) is 2.81. The molecule has 1 aliphatic rings. The van der Waals surface area contributed by atoms with Gasteiger partial charge in [0.2, 0.25) is 5.91 Å². The molecule has 0 aromatic rings. The van der Waals surface area contributed by atoms with E-state index in [4.69, 9.17) is 5.73 Å². The van der Waals surface area contributed by atoms with Gasteiger partial charge in [0.25, 0.3) is 0 Å². The molecule has 1 aliphatic carbocycles. The number of rotatable bonds is 4. The quantitative estimate of drug-likeness (QED) is 0.677. The van der Waals surface area contributed by atoms with Crippen LogP contribution in [0.25, 0.3) is 0 Å². The topological polar surface area (TPSA) is 55.1 Å². The molecule has 3 nitrogen and oxygen atoms in total. The van der Waals surface area contributed by atoms with Crippen molar-refractivity contribution in [2.45, 2.75) is 33.2 Å². The van der Waals surface area contributed by atoms with Crippen molar-refractivity contribution in [2.75, 3.05) is 6.54 Å². The Balaban J connectivity index is 2.15. The van der Waals surface area contributed by atoms with Gasteiger partial charge in [0, 0.05) is 18.5 Å². The minimum Gasteiger partial charge on any atom is -0.354 e. The Hall–Kier alpha value is -0.570. The first kappa shape index (κ1) is 10.5. The van der Waals surface area contributed by atoms with E-state index in [0.29, 0.717) is 18.4 Å². The van der Waals surface area contributed by atoms with E-state index in [2.05, 4.69) is 26.1 Å². The summed E-state index contributed by atoms with van der Waals surface area (Å²) in [5, 5.41) is 2.89. The van der Waals surface area contributed by atoms with Crippen LogP contribution in [-0.4, -0.2) is 18.5 Å². The first-order valence-electron chi connectivity index (χ1n) is 5.05. The molecule has 3 atom stereocenters. The lowest BCUT2D eigenvalue weighted by atomic mass is 10.1. The van der Waals surface area contributed by atoms with E-state index in [9.17, 15) is 4.79 Å². The predicted molar refractivity (Wildman–Crippen MR) is 53.1 cm³/mol. The summed E-state index contributed by atoms with van der Waals surface area (Å²) in [5.41, 5.74) is 5.81. The highest BCUT2D eigenvalue weighted by Crippen LogP contribution is 2.37. The molecule has 1 amide bonds. The van der Waals surface area contributed by atoms with Crippen molar-refractivity contribution >= 4 is 5.91 Å². The van der Waals surface area contributed by atoms with Crippen molar-refractivity contribution < 1.29 is 4.79 Å². The molecule has 1 saturated carbocycles. The predicted octanol–water partition coefficient (Wildman–Crippen LogP) is 0.742. The SMILES string of the molecule is CC(C)C(N)CNC(=O)C1CC1C. The molecular formula is C10H20N2O. The summed E-state index contributed by atoms with van der Waals surface area (Å²) < 4.78 is 0. The second-order valence-electron chi connectivity index (χ2n) is 4.47. The van der Waals surface area contributed by atoms with Crippen LogP contribution in [0.5, 0.6) is 0 Å². The third-order valence-electron chi connectivity index (χ3n) is 2.81. The van der Waals surface area contributed by atoms with E-state index in [0.717, 1.165) is 6.42 Å². The summed E-state index contributed by atoms with van der Waals surface area (Å²) in [7, 11) is 0. The van der Waals surface area contributed by atoms with Crippen LogP contribution in [0.4, 0.5) is 0 Å². The third kappa shape index (κ3) is 2.99. The number of amides is 1. The highest BCUT2D eigenvalue weighted by Gasteiger charge is 2.38. The van der Waals surface area contributed by atoms with Crippen LogP contribution in [-0.2, 0) is 4.79 Å². The largest absolute Gasteiger partial charge is 0.354 e. The summed E-state index contributed by atoms with van der Waals surface area (Å²) >= 11 is 0. The Labute approximate surface area is 80.1 Å². The summed E-state index contributed by atoms with van der Waals surface area (Å²) in [6.45, 7) is 6.85. The molecule has 1 fully saturated rings. The smallest absolute Gasteiger partial charge is 0.223 e. The zero-order chi connectivity index (χ0) is 10.0. The average molecular weight is 184 g/mol. The Morgan fingerprint density at radius 3 is 2.54 bits per heavy atom. The maximum absolute atomic E-state index is 11.4. The van der Waals surface area contributed by atoms with Crippen LogP contribution in [0.2, 0.25) is 0 Å². The van der Waals surface area contributed by atoms with Gasteiger partial charge in [0.15, 0.2) is 0 Å². The van der Waals surface area contributed by atoms with Gasteiger partial charge in [-0.05, 0) is 18.3 Å². The molecule has 13 heavy (non-hydrogen) atoms. The zero-order valence-electron chi connectivity index (χ0n) is 8.71. The number of nitrogens with two attached hydrogens (primary N) is 1. The van der Waals surface area contributed by atoms with Crippen LogP contribution in [0.3, 0.4) is 0 Å². The number of carbonyl (C=O) groups is 1. The van der Waals surface area contributed by atoms with Gasteiger partial charge in [-0.15, -0.1) is 0 Å². The van der Waals surface area contributed by atoms with E-state index >= 15 is 0 Å². The fourth-order valence-electron chi connectivity index (χ4n) is 1.27.